The number of carbonyl (C=O) groups excluding carboxylic acids is 3. The molecule has 30 heavy (non-hydrogen) atoms. The summed E-state index contributed by atoms with van der Waals surface area (Å²) in [4.78, 5) is 42.0. The van der Waals surface area contributed by atoms with Crippen LogP contribution in [0, 0.1) is 0 Å². The van der Waals surface area contributed by atoms with Crippen molar-refractivity contribution >= 4 is 23.4 Å². The Hall–Kier alpha value is -3.35. The van der Waals surface area contributed by atoms with Crippen molar-refractivity contribution in [2.24, 2.45) is 0 Å². The molecule has 2 aromatic rings. The summed E-state index contributed by atoms with van der Waals surface area (Å²) < 4.78 is 10.5. The molecular formula is C23H26N2O5. The number of nitrogens with zero attached hydrogens (tertiary/aromatic N) is 2. The van der Waals surface area contributed by atoms with E-state index in [2.05, 4.69) is 0 Å². The molecule has 1 saturated heterocycles. The number of imide groups is 1. The molecule has 158 valence electrons. The van der Waals surface area contributed by atoms with E-state index < -0.39 is 6.04 Å². The van der Waals surface area contributed by atoms with Crippen LogP contribution in [0.15, 0.2) is 48.5 Å². The van der Waals surface area contributed by atoms with Gasteiger partial charge in [0.15, 0.2) is 11.5 Å². The smallest absolute Gasteiger partial charge is 0.257 e. The number of methoxy groups -OCH3 is 2. The van der Waals surface area contributed by atoms with Gasteiger partial charge in [-0.05, 0) is 43.7 Å². The van der Waals surface area contributed by atoms with Gasteiger partial charge in [0, 0.05) is 11.6 Å². The fraction of sp³-hybridized carbons (Fsp3) is 0.348. The van der Waals surface area contributed by atoms with Crippen LogP contribution in [0.2, 0.25) is 0 Å². The highest BCUT2D eigenvalue weighted by Crippen LogP contribution is 2.31. The van der Waals surface area contributed by atoms with E-state index in [0.29, 0.717) is 29.2 Å². The molecule has 2 atom stereocenters. The van der Waals surface area contributed by atoms with Crippen molar-refractivity contribution in [3.63, 3.8) is 0 Å². The van der Waals surface area contributed by atoms with E-state index in [0.717, 1.165) is 0 Å². The Bertz CT molecular complexity index is 944. The maximum atomic E-state index is 13.4. The number of hydrogen-bond acceptors (Lipinski definition) is 5. The normalized spacial score (nSPS) is 17.1. The molecule has 0 aromatic heterocycles. The molecule has 0 spiro atoms. The number of rotatable bonds is 7. The van der Waals surface area contributed by atoms with Crippen LogP contribution >= 0.6 is 0 Å². The van der Waals surface area contributed by atoms with Gasteiger partial charge >= 0.3 is 0 Å². The summed E-state index contributed by atoms with van der Waals surface area (Å²) in [5.41, 5.74) is 0.879. The molecule has 1 aliphatic rings. The first-order valence-electron chi connectivity index (χ1n) is 9.89. The first-order valence-corrected chi connectivity index (χ1v) is 9.89. The fourth-order valence-corrected chi connectivity index (χ4v) is 3.65. The van der Waals surface area contributed by atoms with Crippen molar-refractivity contribution < 1.29 is 23.9 Å². The molecule has 0 bridgehead atoms. The Kier molecular flexibility index (Phi) is 6.40. The van der Waals surface area contributed by atoms with Crippen LogP contribution in [0.1, 0.15) is 37.0 Å². The lowest BCUT2D eigenvalue weighted by molar-refractivity contribution is -0.122. The maximum absolute atomic E-state index is 13.4. The lowest BCUT2D eigenvalue weighted by Gasteiger charge is -2.33. The molecule has 7 nitrogen and oxygen atoms in total. The quantitative estimate of drug-likeness (QED) is 0.655. The van der Waals surface area contributed by atoms with E-state index in [9.17, 15) is 14.4 Å². The van der Waals surface area contributed by atoms with Gasteiger partial charge in [-0.3, -0.25) is 14.4 Å². The van der Waals surface area contributed by atoms with Crippen molar-refractivity contribution in [2.45, 2.75) is 38.8 Å². The fourth-order valence-electron chi connectivity index (χ4n) is 3.65. The van der Waals surface area contributed by atoms with E-state index >= 15 is 0 Å². The van der Waals surface area contributed by atoms with Gasteiger partial charge in [0.2, 0.25) is 5.91 Å². The molecule has 2 aromatic carbocycles. The van der Waals surface area contributed by atoms with Crippen LogP contribution in [0.3, 0.4) is 0 Å². The molecule has 1 heterocycles. The van der Waals surface area contributed by atoms with Gasteiger partial charge in [-0.25, -0.2) is 4.90 Å². The van der Waals surface area contributed by atoms with Gasteiger partial charge in [0.25, 0.3) is 11.8 Å². The summed E-state index contributed by atoms with van der Waals surface area (Å²) in [6.07, 6.45) is 0.597. The molecule has 2 unspecified atom stereocenters. The highest BCUT2D eigenvalue weighted by molar-refractivity contribution is 6.23. The number of carbonyl (C=O) groups is 3. The first-order chi connectivity index (χ1) is 14.4. The second kappa shape index (κ2) is 8.98. The number of ether oxygens (including phenoxy) is 2. The number of amides is 3. The minimum absolute atomic E-state index is 0.0445. The molecule has 0 aliphatic carbocycles. The summed E-state index contributed by atoms with van der Waals surface area (Å²) in [5.74, 6) is -0.102. The Morgan fingerprint density at radius 3 is 2.37 bits per heavy atom. The Morgan fingerprint density at radius 2 is 1.77 bits per heavy atom. The predicted octanol–water partition coefficient (Wildman–Crippen LogP) is 3.28. The number of para-hydroxylation sites is 1. The van der Waals surface area contributed by atoms with Gasteiger partial charge in [0.05, 0.1) is 26.3 Å². The zero-order valence-electron chi connectivity index (χ0n) is 17.6. The van der Waals surface area contributed by atoms with E-state index in [1.54, 1.807) is 42.5 Å². The molecular weight excluding hydrogens is 384 g/mol. The van der Waals surface area contributed by atoms with Gasteiger partial charge in [-0.2, -0.15) is 0 Å². The number of anilines is 1. The zero-order valence-corrected chi connectivity index (χ0v) is 17.6. The molecule has 1 fully saturated rings. The summed E-state index contributed by atoms with van der Waals surface area (Å²) in [6.45, 7) is 3.82. The average molecular weight is 410 g/mol. The standard InChI is InChI=1S/C23H26N2O5/c1-5-15(2)24(22(27)16-11-12-19(29-3)20(13-16)30-4)18-14-21(26)25(23(18)28)17-9-7-6-8-10-17/h6-13,15,18H,5,14H2,1-4H3. The topological polar surface area (TPSA) is 76.2 Å². The third-order valence-electron chi connectivity index (χ3n) is 5.40. The summed E-state index contributed by atoms with van der Waals surface area (Å²) in [6, 6.07) is 12.6. The van der Waals surface area contributed by atoms with E-state index in [-0.39, 0.29) is 30.2 Å². The molecule has 1 aliphatic heterocycles. The van der Waals surface area contributed by atoms with Crippen molar-refractivity contribution in [2.75, 3.05) is 19.1 Å². The largest absolute Gasteiger partial charge is 0.493 e. The van der Waals surface area contributed by atoms with Crippen LogP contribution in [-0.4, -0.2) is 48.9 Å². The van der Waals surface area contributed by atoms with Gasteiger partial charge in [0.1, 0.15) is 6.04 Å². The molecule has 7 heteroatoms. The highest BCUT2D eigenvalue weighted by Gasteiger charge is 2.45. The molecule has 3 rings (SSSR count). The van der Waals surface area contributed by atoms with Gasteiger partial charge in [-0.1, -0.05) is 25.1 Å². The van der Waals surface area contributed by atoms with Crippen molar-refractivity contribution in [1.29, 1.82) is 0 Å². The summed E-state index contributed by atoms with van der Waals surface area (Å²) in [5, 5.41) is 0. The Morgan fingerprint density at radius 1 is 1.10 bits per heavy atom. The summed E-state index contributed by atoms with van der Waals surface area (Å²) >= 11 is 0. The van der Waals surface area contributed by atoms with Crippen LogP contribution in [0.25, 0.3) is 0 Å². The lowest BCUT2D eigenvalue weighted by Crippen LogP contribution is -2.49. The third-order valence-corrected chi connectivity index (χ3v) is 5.40. The minimum Gasteiger partial charge on any atom is -0.493 e. The van der Waals surface area contributed by atoms with Crippen LogP contribution < -0.4 is 14.4 Å². The number of benzene rings is 2. The number of hydrogen-bond donors (Lipinski definition) is 0. The second-order valence-electron chi connectivity index (χ2n) is 7.16. The van der Waals surface area contributed by atoms with Crippen molar-refractivity contribution in [3.8, 4) is 11.5 Å². The van der Waals surface area contributed by atoms with Gasteiger partial charge < -0.3 is 14.4 Å². The zero-order chi connectivity index (χ0) is 21.8. The third kappa shape index (κ3) is 3.87. The SMILES string of the molecule is CCC(C)N(C(=O)c1ccc(OC)c(OC)c1)C1CC(=O)N(c2ccccc2)C1=O. The second-order valence-corrected chi connectivity index (χ2v) is 7.16. The maximum Gasteiger partial charge on any atom is 0.257 e. The highest BCUT2D eigenvalue weighted by atomic mass is 16.5. The first kappa shape index (κ1) is 21.4. The molecule has 0 radical (unpaired) electrons. The van der Waals surface area contributed by atoms with Crippen molar-refractivity contribution in [1.82, 2.24) is 4.90 Å². The van der Waals surface area contributed by atoms with Gasteiger partial charge in [-0.15, -0.1) is 0 Å². The lowest BCUT2D eigenvalue weighted by atomic mass is 10.1. The van der Waals surface area contributed by atoms with Crippen molar-refractivity contribution in [3.05, 3.63) is 54.1 Å². The Labute approximate surface area is 176 Å². The molecule has 0 saturated carbocycles. The molecule has 3 amide bonds. The minimum atomic E-state index is -0.853. The van der Waals surface area contributed by atoms with Crippen LogP contribution in [0.5, 0.6) is 11.5 Å². The average Bonchev–Trinajstić information content (AvgIpc) is 3.07. The molecule has 0 N–H and O–H groups in total. The predicted molar refractivity (Wildman–Crippen MR) is 113 cm³/mol. The monoisotopic (exact) mass is 410 g/mol. The van der Waals surface area contributed by atoms with Crippen LogP contribution in [-0.2, 0) is 9.59 Å². The van der Waals surface area contributed by atoms with Crippen LogP contribution in [0.4, 0.5) is 5.69 Å². The van der Waals surface area contributed by atoms with E-state index in [1.165, 1.54) is 24.0 Å². The van der Waals surface area contributed by atoms with E-state index in [4.69, 9.17) is 9.47 Å². The van der Waals surface area contributed by atoms with E-state index in [1.807, 2.05) is 19.9 Å². The Balaban J connectivity index is 1.96. The summed E-state index contributed by atoms with van der Waals surface area (Å²) in [7, 11) is 3.02.